The topological polar surface area (TPSA) is 15.3 Å². The minimum Gasteiger partial charge on any atom is -0.312 e. The lowest BCUT2D eigenvalue weighted by molar-refractivity contribution is -0.133. The first-order valence-corrected chi connectivity index (χ1v) is 6.59. The summed E-state index contributed by atoms with van der Waals surface area (Å²) >= 11 is 0. The number of benzene rings is 1. The van der Waals surface area contributed by atoms with Gasteiger partial charge in [0.2, 0.25) is 0 Å². The molecule has 0 radical (unpaired) electrons. The minimum absolute atomic E-state index is 0.0212. The third-order valence-corrected chi connectivity index (χ3v) is 3.36. The van der Waals surface area contributed by atoms with E-state index in [4.69, 9.17) is 0 Å². The molecule has 0 saturated carbocycles. The first-order valence-electron chi connectivity index (χ1n) is 6.59. The molecule has 106 valence electrons. The van der Waals surface area contributed by atoms with Gasteiger partial charge in [-0.1, -0.05) is 30.3 Å². The Hall–Kier alpha value is -1.07. The van der Waals surface area contributed by atoms with Crippen LogP contribution in [0.3, 0.4) is 0 Å². The Morgan fingerprint density at radius 1 is 1.21 bits per heavy atom. The van der Waals surface area contributed by atoms with Crippen LogP contribution in [0.1, 0.15) is 18.4 Å². The molecule has 1 atom stereocenters. The molecule has 2 rings (SSSR count). The lowest BCUT2D eigenvalue weighted by atomic mass is 10.2. The van der Waals surface area contributed by atoms with E-state index in [0.717, 1.165) is 26.1 Å². The monoisotopic (exact) mass is 272 g/mol. The maximum absolute atomic E-state index is 12.0. The van der Waals surface area contributed by atoms with Gasteiger partial charge < -0.3 is 5.32 Å². The van der Waals surface area contributed by atoms with Gasteiger partial charge in [-0.15, -0.1) is 0 Å². The molecule has 0 amide bonds. The highest BCUT2D eigenvalue weighted by molar-refractivity contribution is 5.14. The zero-order valence-electron chi connectivity index (χ0n) is 10.8. The van der Waals surface area contributed by atoms with E-state index in [-0.39, 0.29) is 12.6 Å². The van der Waals surface area contributed by atoms with Crippen LogP contribution < -0.4 is 5.32 Å². The van der Waals surface area contributed by atoms with Crippen LogP contribution in [0.15, 0.2) is 30.3 Å². The van der Waals surface area contributed by atoms with E-state index < -0.39 is 12.6 Å². The molecule has 1 heterocycles. The largest absolute Gasteiger partial charge is 0.390 e. The normalized spacial score (nSPS) is 20.9. The summed E-state index contributed by atoms with van der Waals surface area (Å²) in [5.74, 6) is 0. The van der Waals surface area contributed by atoms with Gasteiger partial charge in [-0.2, -0.15) is 13.2 Å². The van der Waals surface area contributed by atoms with E-state index in [9.17, 15) is 13.2 Å². The lowest BCUT2D eigenvalue weighted by Crippen LogP contribution is -2.34. The Balaban J connectivity index is 1.69. The fourth-order valence-electron chi connectivity index (χ4n) is 2.40. The zero-order chi connectivity index (χ0) is 13.7. The van der Waals surface area contributed by atoms with Crippen molar-refractivity contribution in [3.05, 3.63) is 35.9 Å². The molecule has 1 aromatic rings. The Bertz CT molecular complexity index is 378. The molecule has 5 heteroatoms. The molecule has 1 saturated heterocycles. The Labute approximate surface area is 111 Å². The van der Waals surface area contributed by atoms with Gasteiger partial charge in [0.25, 0.3) is 0 Å². The van der Waals surface area contributed by atoms with E-state index in [2.05, 4.69) is 22.3 Å². The second-order valence-electron chi connectivity index (χ2n) is 5.03. The maximum Gasteiger partial charge on any atom is 0.390 e. The van der Waals surface area contributed by atoms with Crippen LogP contribution in [0.4, 0.5) is 13.2 Å². The van der Waals surface area contributed by atoms with Gasteiger partial charge in [-0.3, -0.25) is 4.90 Å². The number of likely N-dealkylation sites (tertiary alicyclic amines) is 1. The van der Waals surface area contributed by atoms with Gasteiger partial charge in [0.1, 0.15) is 0 Å². The molecular formula is C14H19F3N2. The van der Waals surface area contributed by atoms with Gasteiger partial charge in [-0.05, 0) is 12.0 Å². The Morgan fingerprint density at radius 2 is 1.95 bits per heavy atom. The Kier molecular flexibility index (Phi) is 4.82. The molecule has 1 aromatic carbocycles. The molecule has 0 aromatic heterocycles. The van der Waals surface area contributed by atoms with Crippen molar-refractivity contribution >= 4 is 0 Å². The summed E-state index contributed by atoms with van der Waals surface area (Å²) in [5.41, 5.74) is 1.25. The van der Waals surface area contributed by atoms with Crippen molar-refractivity contribution < 1.29 is 13.2 Å². The number of nitrogens with zero attached hydrogens (tertiary/aromatic N) is 1. The number of hydrogen-bond acceptors (Lipinski definition) is 2. The van der Waals surface area contributed by atoms with Gasteiger partial charge in [-0.25, -0.2) is 0 Å². The third kappa shape index (κ3) is 5.20. The molecule has 19 heavy (non-hydrogen) atoms. The van der Waals surface area contributed by atoms with Crippen LogP contribution in [0.25, 0.3) is 0 Å². The summed E-state index contributed by atoms with van der Waals surface area (Å²) in [6, 6.07) is 10.3. The summed E-state index contributed by atoms with van der Waals surface area (Å²) < 4.78 is 36.1. The van der Waals surface area contributed by atoms with Crippen LogP contribution in [0, 0.1) is 0 Å². The van der Waals surface area contributed by atoms with E-state index in [0.29, 0.717) is 0 Å². The third-order valence-electron chi connectivity index (χ3n) is 3.36. The van der Waals surface area contributed by atoms with Crippen molar-refractivity contribution in [3.63, 3.8) is 0 Å². The molecule has 0 bridgehead atoms. The summed E-state index contributed by atoms with van der Waals surface area (Å²) in [6.07, 6.45) is -3.89. The molecule has 2 nitrogen and oxygen atoms in total. The van der Waals surface area contributed by atoms with Crippen molar-refractivity contribution in [2.75, 3.05) is 19.6 Å². The standard InChI is InChI=1S/C14H19F3N2/c15-14(16,17)7-8-18-13-6-9-19(11-13)10-12-4-2-1-3-5-12/h1-5,13,18H,6-11H2. The highest BCUT2D eigenvalue weighted by Crippen LogP contribution is 2.19. The number of rotatable bonds is 5. The quantitative estimate of drug-likeness (QED) is 0.886. The van der Waals surface area contributed by atoms with E-state index in [1.54, 1.807) is 0 Å². The predicted molar refractivity (Wildman–Crippen MR) is 68.8 cm³/mol. The van der Waals surface area contributed by atoms with Crippen molar-refractivity contribution in [2.24, 2.45) is 0 Å². The summed E-state index contributed by atoms with van der Waals surface area (Å²) in [4.78, 5) is 2.28. The van der Waals surface area contributed by atoms with Gasteiger partial charge in [0, 0.05) is 32.2 Å². The Morgan fingerprint density at radius 3 is 2.63 bits per heavy atom. The summed E-state index contributed by atoms with van der Waals surface area (Å²) in [6.45, 7) is 2.66. The highest BCUT2D eigenvalue weighted by Gasteiger charge is 2.28. The molecule has 1 aliphatic heterocycles. The van der Waals surface area contributed by atoms with Crippen LogP contribution in [0.2, 0.25) is 0 Å². The van der Waals surface area contributed by atoms with Crippen LogP contribution >= 0.6 is 0 Å². The number of hydrogen-bond donors (Lipinski definition) is 1. The molecule has 1 N–H and O–H groups in total. The summed E-state index contributed by atoms with van der Waals surface area (Å²) in [7, 11) is 0. The van der Waals surface area contributed by atoms with Crippen molar-refractivity contribution in [2.45, 2.75) is 31.6 Å². The second-order valence-corrected chi connectivity index (χ2v) is 5.03. The van der Waals surface area contributed by atoms with Crippen molar-refractivity contribution in [3.8, 4) is 0 Å². The minimum atomic E-state index is -4.06. The van der Waals surface area contributed by atoms with Gasteiger partial charge in [0.05, 0.1) is 6.42 Å². The molecule has 1 fully saturated rings. The molecular weight excluding hydrogens is 253 g/mol. The van der Waals surface area contributed by atoms with Crippen LogP contribution in [-0.2, 0) is 6.54 Å². The van der Waals surface area contributed by atoms with E-state index >= 15 is 0 Å². The van der Waals surface area contributed by atoms with E-state index in [1.165, 1.54) is 5.56 Å². The van der Waals surface area contributed by atoms with Crippen molar-refractivity contribution in [1.82, 2.24) is 10.2 Å². The van der Waals surface area contributed by atoms with E-state index in [1.807, 2.05) is 18.2 Å². The number of alkyl halides is 3. The lowest BCUT2D eigenvalue weighted by Gasteiger charge is -2.17. The van der Waals surface area contributed by atoms with Gasteiger partial charge in [0.15, 0.2) is 0 Å². The molecule has 0 spiro atoms. The predicted octanol–water partition coefficient (Wildman–Crippen LogP) is 2.80. The second kappa shape index (κ2) is 6.39. The van der Waals surface area contributed by atoms with Crippen LogP contribution in [-0.4, -0.2) is 36.8 Å². The fourth-order valence-corrected chi connectivity index (χ4v) is 2.40. The average molecular weight is 272 g/mol. The molecule has 1 unspecified atom stereocenters. The first kappa shape index (κ1) is 14.3. The maximum atomic E-state index is 12.0. The highest BCUT2D eigenvalue weighted by atomic mass is 19.4. The first-order chi connectivity index (χ1) is 9.03. The zero-order valence-corrected chi connectivity index (χ0v) is 10.8. The fraction of sp³-hybridized carbons (Fsp3) is 0.571. The number of halogens is 3. The SMILES string of the molecule is FC(F)(F)CCNC1CCN(Cc2ccccc2)C1. The van der Waals surface area contributed by atoms with Crippen molar-refractivity contribution in [1.29, 1.82) is 0 Å². The van der Waals surface area contributed by atoms with Gasteiger partial charge >= 0.3 is 6.18 Å². The number of nitrogens with one attached hydrogen (secondary N) is 1. The molecule has 0 aliphatic carbocycles. The molecule has 1 aliphatic rings. The van der Waals surface area contributed by atoms with Crippen LogP contribution in [0.5, 0.6) is 0 Å². The average Bonchev–Trinajstić information content (AvgIpc) is 2.76. The summed E-state index contributed by atoms with van der Waals surface area (Å²) in [5, 5.41) is 2.99. The smallest absolute Gasteiger partial charge is 0.312 e.